The van der Waals surface area contributed by atoms with Crippen LogP contribution >= 0.6 is 0 Å². The molecule has 0 saturated carbocycles. The first-order valence-electron chi connectivity index (χ1n) is 8.72. The van der Waals surface area contributed by atoms with Gasteiger partial charge in [0.25, 0.3) is 5.91 Å². The SMILES string of the molecule is CN(C)c1ccc(CNC(=O)COC(=O)CCNC(=O)OC(C)(C)C)cc1. The summed E-state index contributed by atoms with van der Waals surface area (Å²) < 4.78 is 9.92. The van der Waals surface area contributed by atoms with Crippen LogP contribution in [0.3, 0.4) is 0 Å². The number of hydrogen-bond donors (Lipinski definition) is 2. The Hall–Kier alpha value is -2.77. The first-order valence-corrected chi connectivity index (χ1v) is 8.72. The smallest absolute Gasteiger partial charge is 0.407 e. The van der Waals surface area contributed by atoms with Crippen LogP contribution in [-0.2, 0) is 25.6 Å². The molecule has 1 aromatic carbocycles. The summed E-state index contributed by atoms with van der Waals surface area (Å²) in [6.07, 6.45) is -0.647. The third kappa shape index (κ3) is 10.1. The summed E-state index contributed by atoms with van der Waals surface area (Å²) in [5.74, 6) is -0.961. The van der Waals surface area contributed by atoms with E-state index in [9.17, 15) is 14.4 Å². The maximum absolute atomic E-state index is 11.7. The molecular weight excluding hydrogens is 350 g/mol. The van der Waals surface area contributed by atoms with Gasteiger partial charge in [0.05, 0.1) is 6.42 Å². The average Bonchev–Trinajstić information content (AvgIpc) is 2.56. The van der Waals surface area contributed by atoms with E-state index in [2.05, 4.69) is 10.6 Å². The molecule has 0 aliphatic rings. The fourth-order valence-corrected chi connectivity index (χ4v) is 1.96. The number of carbonyl (C=O) groups excluding carboxylic acids is 3. The highest BCUT2D eigenvalue weighted by atomic mass is 16.6. The molecule has 0 fully saturated rings. The van der Waals surface area contributed by atoms with Gasteiger partial charge in [-0.05, 0) is 38.5 Å². The van der Waals surface area contributed by atoms with Crippen molar-refractivity contribution in [2.45, 2.75) is 39.3 Å². The normalized spacial score (nSPS) is 10.7. The zero-order valence-corrected chi connectivity index (χ0v) is 16.6. The van der Waals surface area contributed by atoms with Crippen LogP contribution in [0.25, 0.3) is 0 Å². The number of alkyl carbamates (subject to hydrolysis) is 1. The van der Waals surface area contributed by atoms with Crippen LogP contribution in [0, 0.1) is 0 Å². The summed E-state index contributed by atoms with van der Waals surface area (Å²) in [5.41, 5.74) is 1.41. The van der Waals surface area contributed by atoms with Crippen molar-refractivity contribution in [1.29, 1.82) is 0 Å². The second-order valence-electron chi connectivity index (χ2n) is 7.18. The molecule has 0 aromatic heterocycles. The number of hydrogen-bond acceptors (Lipinski definition) is 6. The number of rotatable bonds is 8. The predicted octanol–water partition coefficient (Wildman–Crippen LogP) is 1.83. The molecule has 0 aliphatic heterocycles. The van der Waals surface area contributed by atoms with Crippen molar-refractivity contribution in [3.63, 3.8) is 0 Å². The zero-order valence-electron chi connectivity index (χ0n) is 16.6. The van der Waals surface area contributed by atoms with Crippen LogP contribution in [0.2, 0.25) is 0 Å². The van der Waals surface area contributed by atoms with Crippen LogP contribution in [0.5, 0.6) is 0 Å². The molecule has 8 heteroatoms. The lowest BCUT2D eigenvalue weighted by atomic mass is 10.2. The molecule has 0 radical (unpaired) electrons. The number of ether oxygens (including phenoxy) is 2. The van der Waals surface area contributed by atoms with E-state index >= 15 is 0 Å². The Morgan fingerprint density at radius 3 is 2.22 bits per heavy atom. The standard InChI is InChI=1S/C19H29N3O5/c1-19(2,3)27-18(25)20-11-10-17(24)26-13-16(23)21-12-14-6-8-15(9-7-14)22(4)5/h6-9H,10-13H2,1-5H3,(H,20,25)(H,21,23). The van der Waals surface area contributed by atoms with Crippen LogP contribution in [0.1, 0.15) is 32.8 Å². The van der Waals surface area contributed by atoms with Crippen molar-refractivity contribution >= 4 is 23.7 Å². The Morgan fingerprint density at radius 1 is 1.04 bits per heavy atom. The Morgan fingerprint density at radius 2 is 1.67 bits per heavy atom. The number of anilines is 1. The van der Waals surface area contributed by atoms with Gasteiger partial charge in [0, 0.05) is 32.9 Å². The predicted molar refractivity (Wildman–Crippen MR) is 102 cm³/mol. The molecule has 150 valence electrons. The lowest BCUT2D eigenvalue weighted by Gasteiger charge is -2.19. The Balaban J connectivity index is 2.20. The van der Waals surface area contributed by atoms with Gasteiger partial charge in [-0.15, -0.1) is 0 Å². The molecule has 1 rings (SSSR count). The van der Waals surface area contributed by atoms with Crippen molar-refractivity contribution in [3.05, 3.63) is 29.8 Å². The van der Waals surface area contributed by atoms with Crippen molar-refractivity contribution in [2.75, 3.05) is 32.1 Å². The summed E-state index contributed by atoms with van der Waals surface area (Å²) in [6, 6.07) is 7.76. The first-order chi connectivity index (χ1) is 12.6. The third-order valence-electron chi connectivity index (χ3n) is 3.30. The molecule has 1 aromatic rings. The van der Waals surface area contributed by atoms with Gasteiger partial charge < -0.3 is 25.0 Å². The number of benzene rings is 1. The van der Waals surface area contributed by atoms with Crippen LogP contribution in [-0.4, -0.2) is 50.8 Å². The Kier molecular flexibility index (Phi) is 8.58. The number of carbonyl (C=O) groups is 3. The van der Waals surface area contributed by atoms with E-state index in [1.807, 2.05) is 43.3 Å². The third-order valence-corrected chi connectivity index (χ3v) is 3.30. The van der Waals surface area contributed by atoms with Crippen LogP contribution in [0.4, 0.5) is 10.5 Å². The molecule has 2 N–H and O–H groups in total. The summed E-state index contributed by atoms with van der Waals surface area (Å²) >= 11 is 0. The molecular formula is C19H29N3O5. The molecule has 8 nitrogen and oxygen atoms in total. The van der Waals surface area contributed by atoms with E-state index in [4.69, 9.17) is 9.47 Å². The van der Waals surface area contributed by atoms with Crippen molar-refractivity contribution in [1.82, 2.24) is 10.6 Å². The van der Waals surface area contributed by atoms with Gasteiger partial charge in [-0.25, -0.2) is 4.79 Å². The molecule has 0 aliphatic carbocycles. The summed E-state index contributed by atoms with van der Waals surface area (Å²) in [7, 11) is 3.91. The van der Waals surface area contributed by atoms with Gasteiger partial charge in [-0.3, -0.25) is 9.59 Å². The van der Waals surface area contributed by atoms with Gasteiger partial charge in [0.1, 0.15) is 5.60 Å². The van der Waals surface area contributed by atoms with Crippen molar-refractivity contribution in [2.24, 2.45) is 0 Å². The van der Waals surface area contributed by atoms with Crippen molar-refractivity contribution < 1.29 is 23.9 Å². The molecule has 0 spiro atoms. The first kappa shape index (κ1) is 22.3. The zero-order chi connectivity index (χ0) is 20.4. The monoisotopic (exact) mass is 379 g/mol. The molecule has 0 bridgehead atoms. The molecule has 0 saturated heterocycles. The van der Waals surface area contributed by atoms with Gasteiger partial charge in [0.15, 0.2) is 6.61 Å². The second-order valence-corrected chi connectivity index (χ2v) is 7.18. The highest BCUT2D eigenvalue weighted by Gasteiger charge is 2.16. The van der Waals surface area contributed by atoms with E-state index in [1.165, 1.54) is 0 Å². The van der Waals surface area contributed by atoms with Gasteiger partial charge in [-0.1, -0.05) is 12.1 Å². The molecule has 0 heterocycles. The fraction of sp³-hybridized carbons (Fsp3) is 0.526. The average molecular weight is 379 g/mol. The number of nitrogens with zero attached hydrogens (tertiary/aromatic N) is 1. The maximum Gasteiger partial charge on any atom is 0.407 e. The second kappa shape index (κ2) is 10.4. The quantitative estimate of drug-likeness (QED) is 0.669. The Labute approximate surface area is 160 Å². The lowest BCUT2D eigenvalue weighted by molar-refractivity contribution is -0.148. The highest BCUT2D eigenvalue weighted by molar-refractivity contribution is 5.80. The molecule has 2 amide bonds. The van der Waals surface area contributed by atoms with E-state index < -0.39 is 17.7 Å². The molecule has 0 atom stereocenters. The van der Waals surface area contributed by atoms with E-state index in [-0.39, 0.29) is 25.5 Å². The van der Waals surface area contributed by atoms with Crippen LogP contribution < -0.4 is 15.5 Å². The summed E-state index contributed by atoms with van der Waals surface area (Å²) in [5, 5.41) is 5.13. The maximum atomic E-state index is 11.7. The number of nitrogens with one attached hydrogen (secondary N) is 2. The van der Waals surface area contributed by atoms with Gasteiger partial charge in [0.2, 0.25) is 0 Å². The Bertz CT molecular complexity index is 636. The minimum atomic E-state index is -0.603. The van der Waals surface area contributed by atoms with Crippen LogP contribution in [0.15, 0.2) is 24.3 Å². The molecule has 0 unspecified atom stereocenters. The molecule has 27 heavy (non-hydrogen) atoms. The summed E-state index contributed by atoms with van der Waals surface area (Å²) in [6.45, 7) is 5.31. The van der Waals surface area contributed by atoms with Gasteiger partial charge >= 0.3 is 12.1 Å². The van der Waals surface area contributed by atoms with E-state index in [1.54, 1.807) is 20.8 Å². The van der Waals surface area contributed by atoms with Crippen molar-refractivity contribution in [3.8, 4) is 0 Å². The van der Waals surface area contributed by atoms with E-state index in [0.717, 1.165) is 11.3 Å². The highest BCUT2D eigenvalue weighted by Crippen LogP contribution is 2.11. The number of esters is 1. The topological polar surface area (TPSA) is 97.0 Å². The fourth-order valence-electron chi connectivity index (χ4n) is 1.96. The minimum absolute atomic E-state index is 0.0431. The van der Waals surface area contributed by atoms with Gasteiger partial charge in [-0.2, -0.15) is 0 Å². The minimum Gasteiger partial charge on any atom is -0.456 e. The summed E-state index contributed by atoms with van der Waals surface area (Å²) in [4.78, 5) is 36.8. The lowest BCUT2D eigenvalue weighted by Crippen LogP contribution is -2.34. The van der Waals surface area contributed by atoms with E-state index in [0.29, 0.717) is 6.54 Å². The largest absolute Gasteiger partial charge is 0.456 e. The number of amides is 2.